The first-order valence-electron chi connectivity index (χ1n) is 7.71. The van der Waals surface area contributed by atoms with E-state index in [1.54, 1.807) is 6.07 Å². The van der Waals surface area contributed by atoms with E-state index in [0.717, 1.165) is 12.1 Å². The number of hydrogen-bond donors (Lipinski definition) is 1. The topological polar surface area (TPSA) is 85.6 Å². The molecule has 0 saturated heterocycles. The third-order valence-corrected chi connectivity index (χ3v) is 5.05. The minimum Gasteiger partial charge on any atom is -0.459 e. The van der Waals surface area contributed by atoms with Crippen molar-refractivity contribution in [1.82, 2.24) is 0 Å². The second-order valence-corrected chi connectivity index (χ2v) is 7.36. The van der Waals surface area contributed by atoms with Crippen molar-refractivity contribution in [1.29, 1.82) is 0 Å². The van der Waals surface area contributed by atoms with Crippen LogP contribution in [0.25, 0.3) is 0 Å². The van der Waals surface area contributed by atoms with Crippen LogP contribution in [0.15, 0.2) is 76.2 Å². The summed E-state index contributed by atoms with van der Waals surface area (Å²) in [6.45, 7) is 0. The zero-order chi connectivity index (χ0) is 20.4. The maximum absolute atomic E-state index is 12.8. The number of anilines is 1. The van der Waals surface area contributed by atoms with E-state index >= 15 is 0 Å². The summed E-state index contributed by atoms with van der Waals surface area (Å²) in [6.07, 6.45) is 1.35. The molecule has 10 heteroatoms. The second kappa shape index (κ2) is 7.39. The Bertz CT molecular complexity index is 1080. The van der Waals surface area contributed by atoms with Gasteiger partial charge in [0.2, 0.25) is 0 Å². The van der Waals surface area contributed by atoms with Gasteiger partial charge in [-0.05, 0) is 48.5 Å². The van der Waals surface area contributed by atoms with Gasteiger partial charge in [-0.1, -0.05) is 12.1 Å². The Labute approximate surface area is 157 Å². The third kappa shape index (κ3) is 4.01. The average Bonchev–Trinajstić information content (AvgIpc) is 3.17. The minimum atomic E-state index is -5.57. The smallest absolute Gasteiger partial charge is 0.459 e. The Morgan fingerprint density at radius 1 is 0.964 bits per heavy atom. The number of alkyl halides is 3. The first-order chi connectivity index (χ1) is 13.2. The summed E-state index contributed by atoms with van der Waals surface area (Å²) in [4.78, 5) is 10.9. The SMILES string of the molecule is O=C(Nc1ccc(Oc2ccccc2S(=O)(=O)C(F)(F)F)cc1)c1ccco1. The van der Waals surface area contributed by atoms with Crippen molar-refractivity contribution in [2.75, 3.05) is 5.32 Å². The van der Waals surface area contributed by atoms with Crippen molar-refractivity contribution in [2.24, 2.45) is 0 Å². The largest absolute Gasteiger partial charge is 0.502 e. The fourth-order valence-electron chi connectivity index (χ4n) is 2.21. The summed E-state index contributed by atoms with van der Waals surface area (Å²) in [7, 11) is -5.57. The Morgan fingerprint density at radius 3 is 2.25 bits per heavy atom. The van der Waals surface area contributed by atoms with Gasteiger partial charge in [0.1, 0.15) is 16.4 Å². The van der Waals surface area contributed by atoms with Gasteiger partial charge in [0, 0.05) is 5.69 Å². The highest BCUT2D eigenvalue weighted by Crippen LogP contribution is 2.37. The van der Waals surface area contributed by atoms with Crippen LogP contribution in [0, 0.1) is 0 Å². The van der Waals surface area contributed by atoms with E-state index < -0.39 is 31.9 Å². The van der Waals surface area contributed by atoms with E-state index in [1.807, 2.05) is 0 Å². The van der Waals surface area contributed by atoms with E-state index in [-0.39, 0.29) is 11.5 Å². The number of carbonyl (C=O) groups excluding carboxylic acids is 1. The van der Waals surface area contributed by atoms with Crippen LogP contribution in [-0.2, 0) is 9.84 Å². The molecule has 0 aliphatic heterocycles. The molecule has 1 aromatic heterocycles. The number of halogens is 3. The zero-order valence-electron chi connectivity index (χ0n) is 13.9. The van der Waals surface area contributed by atoms with Crippen LogP contribution in [0.2, 0.25) is 0 Å². The van der Waals surface area contributed by atoms with Gasteiger partial charge in [0.15, 0.2) is 5.76 Å². The number of hydrogen-bond acceptors (Lipinski definition) is 5. The molecule has 1 heterocycles. The van der Waals surface area contributed by atoms with Crippen LogP contribution in [0.1, 0.15) is 10.6 Å². The maximum atomic E-state index is 12.8. The van der Waals surface area contributed by atoms with Gasteiger partial charge in [0.05, 0.1) is 6.26 Å². The van der Waals surface area contributed by atoms with E-state index in [1.165, 1.54) is 48.7 Å². The third-order valence-electron chi connectivity index (χ3n) is 3.53. The summed E-state index contributed by atoms with van der Waals surface area (Å²) in [6, 6.07) is 13.1. The summed E-state index contributed by atoms with van der Waals surface area (Å²) in [5.41, 5.74) is -5.07. The molecule has 2 aromatic carbocycles. The first-order valence-corrected chi connectivity index (χ1v) is 9.20. The summed E-state index contributed by atoms with van der Waals surface area (Å²) < 4.78 is 72.2. The lowest BCUT2D eigenvalue weighted by Crippen LogP contribution is -2.23. The van der Waals surface area contributed by atoms with Crippen molar-refractivity contribution < 1.29 is 35.5 Å². The van der Waals surface area contributed by atoms with Crippen LogP contribution >= 0.6 is 0 Å². The molecule has 6 nitrogen and oxygen atoms in total. The molecule has 3 rings (SSSR count). The maximum Gasteiger partial charge on any atom is 0.502 e. The molecule has 0 spiro atoms. The first kappa shape index (κ1) is 19.5. The van der Waals surface area contributed by atoms with Crippen molar-refractivity contribution in [2.45, 2.75) is 10.4 Å². The van der Waals surface area contributed by atoms with E-state index in [2.05, 4.69) is 5.32 Å². The number of rotatable bonds is 5. The van der Waals surface area contributed by atoms with Gasteiger partial charge < -0.3 is 14.5 Å². The number of ether oxygens (including phenoxy) is 1. The lowest BCUT2D eigenvalue weighted by molar-refractivity contribution is -0.0437. The quantitative estimate of drug-likeness (QED) is 0.662. The van der Waals surface area contributed by atoms with E-state index in [0.29, 0.717) is 5.69 Å². The van der Waals surface area contributed by atoms with Crippen LogP contribution in [-0.4, -0.2) is 19.8 Å². The standard InChI is InChI=1S/C18H12F3NO5S/c19-18(20,21)28(24,25)16-6-2-1-4-14(16)27-13-9-7-12(8-10-13)22-17(23)15-5-3-11-26-15/h1-11H,(H,22,23). The Morgan fingerprint density at radius 2 is 1.64 bits per heavy atom. The van der Waals surface area contributed by atoms with Crippen molar-refractivity contribution in [3.8, 4) is 11.5 Å². The molecular weight excluding hydrogens is 399 g/mol. The highest BCUT2D eigenvalue weighted by atomic mass is 32.2. The van der Waals surface area contributed by atoms with Crippen molar-refractivity contribution in [3.05, 3.63) is 72.7 Å². The molecule has 1 N–H and O–H groups in total. The number of nitrogens with one attached hydrogen (secondary N) is 1. The van der Waals surface area contributed by atoms with Gasteiger partial charge in [-0.15, -0.1) is 0 Å². The molecule has 0 saturated carbocycles. The van der Waals surface area contributed by atoms with E-state index in [9.17, 15) is 26.4 Å². The van der Waals surface area contributed by atoms with Crippen LogP contribution < -0.4 is 10.1 Å². The Hall–Kier alpha value is -3.27. The van der Waals surface area contributed by atoms with Crippen LogP contribution in [0.4, 0.5) is 18.9 Å². The van der Waals surface area contributed by atoms with Gasteiger partial charge in [0.25, 0.3) is 15.7 Å². The Balaban J connectivity index is 1.79. The highest BCUT2D eigenvalue weighted by molar-refractivity contribution is 7.92. The number of sulfone groups is 1. The average molecular weight is 411 g/mol. The molecule has 3 aromatic rings. The molecule has 0 bridgehead atoms. The van der Waals surface area contributed by atoms with Gasteiger partial charge in [-0.2, -0.15) is 13.2 Å². The number of amides is 1. The monoisotopic (exact) mass is 411 g/mol. The van der Waals surface area contributed by atoms with Crippen molar-refractivity contribution >= 4 is 21.4 Å². The summed E-state index contributed by atoms with van der Waals surface area (Å²) in [5, 5.41) is 2.56. The molecule has 0 unspecified atom stereocenters. The summed E-state index contributed by atoms with van der Waals surface area (Å²) >= 11 is 0. The number of para-hydroxylation sites is 1. The van der Waals surface area contributed by atoms with E-state index in [4.69, 9.17) is 9.15 Å². The molecule has 0 aliphatic rings. The van der Waals surface area contributed by atoms with Crippen LogP contribution in [0.5, 0.6) is 11.5 Å². The normalized spacial score (nSPS) is 11.8. The van der Waals surface area contributed by atoms with Gasteiger partial charge in [-0.25, -0.2) is 8.42 Å². The summed E-state index contributed by atoms with van der Waals surface area (Å²) in [5.74, 6) is -0.764. The molecule has 0 aliphatic carbocycles. The predicted molar refractivity (Wildman–Crippen MR) is 92.9 cm³/mol. The fourth-order valence-corrected chi connectivity index (χ4v) is 3.10. The molecule has 0 radical (unpaired) electrons. The van der Waals surface area contributed by atoms with Gasteiger partial charge >= 0.3 is 5.51 Å². The van der Waals surface area contributed by atoms with Gasteiger partial charge in [-0.3, -0.25) is 4.79 Å². The fraction of sp³-hybridized carbons (Fsp3) is 0.0556. The lowest BCUT2D eigenvalue weighted by atomic mass is 10.3. The molecule has 1 amide bonds. The molecule has 146 valence electrons. The molecular formula is C18H12F3NO5S. The molecule has 0 fully saturated rings. The minimum absolute atomic E-state index is 0.0841. The number of carbonyl (C=O) groups is 1. The molecule has 28 heavy (non-hydrogen) atoms. The van der Waals surface area contributed by atoms with Crippen LogP contribution in [0.3, 0.4) is 0 Å². The number of benzene rings is 2. The molecule has 0 atom stereocenters. The zero-order valence-corrected chi connectivity index (χ0v) is 14.8. The lowest BCUT2D eigenvalue weighted by Gasteiger charge is -2.13. The number of furan rings is 1. The second-order valence-electron chi connectivity index (χ2n) is 5.45. The highest BCUT2D eigenvalue weighted by Gasteiger charge is 2.48. The van der Waals surface area contributed by atoms with Crippen molar-refractivity contribution in [3.63, 3.8) is 0 Å². The Kier molecular flexibility index (Phi) is 5.14. The predicted octanol–water partition coefficient (Wildman–Crippen LogP) is 4.62.